The minimum Gasteiger partial charge on any atom is -0.480 e. The van der Waals surface area contributed by atoms with Crippen LogP contribution in [-0.4, -0.2) is 22.5 Å². The minimum absolute atomic E-state index is 0.197. The van der Waals surface area contributed by atoms with Crippen LogP contribution in [0.1, 0.15) is 43.0 Å². The Morgan fingerprint density at radius 3 is 2.71 bits per heavy atom. The van der Waals surface area contributed by atoms with Crippen molar-refractivity contribution in [3.8, 4) is 0 Å². The summed E-state index contributed by atoms with van der Waals surface area (Å²) in [7, 11) is 0. The van der Waals surface area contributed by atoms with E-state index in [0.29, 0.717) is 17.9 Å². The number of carbonyl (C=O) groups is 2. The summed E-state index contributed by atoms with van der Waals surface area (Å²) >= 11 is 11.9. The molecule has 0 radical (unpaired) electrons. The lowest BCUT2D eigenvalue weighted by atomic mass is 9.76. The van der Waals surface area contributed by atoms with Gasteiger partial charge in [0.1, 0.15) is 5.54 Å². The van der Waals surface area contributed by atoms with Crippen LogP contribution in [0.3, 0.4) is 0 Å². The summed E-state index contributed by atoms with van der Waals surface area (Å²) in [5.41, 5.74) is -1.02. The van der Waals surface area contributed by atoms with Crippen LogP contribution < -0.4 is 5.32 Å². The Morgan fingerprint density at radius 1 is 1.38 bits per heavy atom. The third-order valence-corrected chi connectivity index (χ3v) is 4.50. The number of benzene rings is 1. The summed E-state index contributed by atoms with van der Waals surface area (Å²) in [5.74, 6) is -1.25. The van der Waals surface area contributed by atoms with E-state index < -0.39 is 17.4 Å². The molecular weight excluding hydrogens is 313 g/mol. The minimum atomic E-state index is -1.22. The number of carboxylic acid groups (broad SMARTS) is 1. The lowest BCUT2D eigenvalue weighted by Gasteiger charge is -2.37. The molecule has 0 aliphatic heterocycles. The molecule has 2 N–H and O–H groups in total. The van der Waals surface area contributed by atoms with E-state index in [2.05, 4.69) is 5.32 Å². The molecule has 0 saturated heterocycles. The van der Waals surface area contributed by atoms with E-state index in [-0.39, 0.29) is 16.5 Å². The number of nitrogens with one attached hydrogen (secondary N) is 1. The zero-order chi connectivity index (χ0) is 15.6. The SMILES string of the molecule is CC1CCCC(NC(=O)c2cc(Cl)ccc2Cl)(C(=O)O)C1. The van der Waals surface area contributed by atoms with Gasteiger partial charge in [-0.3, -0.25) is 4.79 Å². The standard InChI is InChI=1S/C15H17Cl2NO3/c1-9-3-2-6-15(8-9,14(20)21)18-13(19)11-7-10(16)4-5-12(11)17/h4-5,7,9H,2-3,6,8H2,1H3,(H,18,19)(H,20,21). The summed E-state index contributed by atoms with van der Waals surface area (Å²) in [6.45, 7) is 2.00. The lowest BCUT2D eigenvalue weighted by Crippen LogP contribution is -2.56. The van der Waals surface area contributed by atoms with Crippen molar-refractivity contribution in [1.29, 1.82) is 0 Å². The van der Waals surface area contributed by atoms with Crippen LogP contribution in [-0.2, 0) is 4.79 Å². The van der Waals surface area contributed by atoms with Gasteiger partial charge in [0.2, 0.25) is 0 Å². The number of carbonyl (C=O) groups excluding carboxylic acids is 1. The second-order valence-electron chi connectivity index (χ2n) is 5.67. The Morgan fingerprint density at radius 2 is 2.10 bits per heavy atom. The molecule has 2 atom stereocenters. The van der Waals surface area contributed by atoms with Crippen molar-refractivity contribution >= 4 is 35.1 Å². The molecule has 21 heavy (non-hydrogen) atoms. The van der Waals surface area contributed by atoms with Gasteiger partial charge in [0.25, 0.3) is 5.91 Å². The topological polar surface area (TPSA) is 66.4 Å². The van der Waals surface area contributed by atoms with Gasteiger partial charge in [-0.1, -0.05) is 43.0 Å². The highest BCUT2D eigenvalue weighted by molar-refractivity contribution is 6.35. The zero-order valence-electron chi connectivity index (χ0n) is 11.7. The average Bonchev–Trinajstić information content (AvgIpc) is 2.41. The largest absolute Gasteiger partial charge is 0.480 e. The average molecular weight is 330 g/mol. The summed E-state index contributed by atoms with van der Waals surface area (Å²) in [6, 6.07) is 4.55. The van der Waals surface area contributed by atoms with Crippen LogP contribution in [0.15, 0.2) is 18.2 Å². The van der Waals surface area contributed by atoms with Crippen LogP contribution in [0.25, 0.3) is 0 Å². The van der Waals surface area contributed by atoms with E-state index >= 15 is 0 Å². The number of rotatable bonds is 3. The first-order chi connectivity index (χ1) is 9.84. The number of aliphatic carboxylic acids is 1. The third kappa shape index (κ3) is 3.50. The Labute approximate surface area is 133 Å². The highest BCUT2D eigenvalue weighted by atomic mass is 35.5. The van der Waals surface area contributed by atoms with Crippen molar-refractivity contribution in [3.05, 3.63) is 33.8 Å². The molecule has 1 fully saturated rings. The van der Waals surface area contributed by atoms with Gasteiger partial charge in [-0.05, 0) is 37.0 Å². The van der Waals surface area contributed by atoms with E-state index in [9.17, 15) is 14.7 Å². The van der Waals surface area contributed by atoms with Crippen LogP contribution in [0.2, 0.25) is 10.0 Å². The highest BCUT2D eigenvalue weighted by Crippen LogP contribution is 2.33. The highest BCUT2D eigenvalue weighted by Gasteiger charge is 2.43. The summed E-state index contributed by atoms with van der Waals surface area (Å²) in [6.07, 6.45) is 2.60. The fraction of sp³-hybridized carbons (Fsp3) is 0.467. The molecule has 1 aromatic rings. The maximum atomic E-state index is 12.4. The van der Waals surface area contributed by atoms with Crippen molar-refractivity contribution in [2.45, 2.75) is 38.1 Å². The molecule has 0 heterocycles. The van der Waals surface area contributed by atoms with Gasteiger partial charge in [0, 0.05) is 5.02 Å². The second kappa shape index (κ2) is 6.24. The van der Waals surface area contributed by atoms with Gasteiger partial charge in [-0.15, -0.1) is 0 Å². The zero-order valence-corrected chi connectivity index (χ0v) is 13.2. The smallest absolute Gasteiger partial charge is 0.329 e. The Balaban J connectivity index is 2.27. The van der Waals surface area contributed by atoms with Crippen LogP contribution in [0.5, 0.6) is 0 Å². The number of hydrogen-bond acceptors (Lipinski definition) is 2. The molecule has 1 aliphatic rings. The summed E-state index contributed by atoms with van der Waals surface area (Å²) in [4.78, 5) is 24.1. The van der Waals surface area contributed by atoms with E-state index in [1.54, 1.807) is 6.07 Å². The molecule has 0 bridgehead atoms. The van der Waals surface area contributed by atoms with Gasteiger partial charge >= 0.3 is 5.97 Å². The Kier molecular flexibility index (Phi) is 4.79. The van der Waals surface area contributed by atoms with Crippen LogP contribution in [0.4, 0.5) is 0 Å². The lowest BCUT2D eigenvalue weighted by molar-refractivity contribution is -0.146. The van der Waals surface area contributed by atoms with E-state index in [1.807, 2.05) is 6.92 Å². The number of amides is 1. The molecule has 1 saturated carbocycles. The number of carboxylic acids is 1. The van der Waals surface area contributed by atoms with E-state index in [0.717, 1.165) is 12.8 Å². The fourth-order valence-electron chi connectivity index (χ4n) is 2.87. The molecule has 1 aromatic carbocycles. The third-order valence-electron chi connectivity index (χ3n) is 3.93. The van der Waals surface area contributed by atoms with Gasteiger partial charge < -0.3 is 10.4 Å². The van der Waals surface area contributed by atoms with Gasteiger partial charge in [-0.25, -0.2) is 4.79 Å². The maximum absolute atomic E-state index is 12.4. The Bertz CT molecular complexity index is 576. The first kappa shape index (κ1) is 16.1. The van der Waals surface area contributed by atoms with Gasteiger partial charge in [-0.2, -0.15) is 0 Å². The van der Waals surface area contributed by atoms with E-state index in [4.69, 9.17) is 23.2 Å². The molecule has 6 heteroatoms. The first-order valence-electron chi connectivity index (χ1n) is 6.85. The molecule has 2 rings (SSSR count). The molecular formula is C15H17Cl2NO3. The van der Waals surface area contributed by atoms with Crippen molar-refractivity contribution in [2.75, 3.05) is 0 Å². The van der Waals surface area contributed by atoms with Crippen molar-refractivity contribution in [2.24, 2.45) is 5.92 Å². The van der Waals surface area contributed by atoms with Crippen LogP contribution >= 0.6 is 23.2 Å². The predicted octanol–water partition coefficient (Wildman–Crippen LogP) is 3.76. The monoisotopic (exact) mass is 329 g/mol. The van der Waals surface area contributed by atoms with E-state index in [1.165, 1.54) is 12.1 Å². The normalized spacial score (nSPS) is 25.4. The van der Waals surface area contributed by atoms with Crippen molar-refractivity contribution < 1.29 is 14.7 Å². The first-order valence-corrected chi connectivity index (χ1v) is 7.60. The molecule has 114 valence electrons. The fourth-order valence-corrected chi connectivity index (χ4v) is 3.24. The van der Waals surface area contributed by atoms with Gasteiger partial charge in [0.05, 0.1) is 10.6 Å². The molecule has 1 aliphatic carbocycles. The molecule has 0 aromatic heterocycles. The number of halogens is 2. The second-order valence-corrected chi connectivity index (χ2v) is 6.51. The molecule has 0 spiro atoms. The van der Waals surface area contributed by atoms with Crippen LogP contribution in [0, 0.1) is 5.92 Å². The maximum Gasteiger partial charge on any atom is 0.329 e. The van der Waals surface area contributed by atoms with Crippen molar-refractivity contribution in [1.82, 2.24) is 5.32 Å². The summed E-state index contributed by atoms with van der Waals surface area (Å²) < 4.78 is 0. The Hall–Kier alpha value is -1.26. The molecule has 2 unspecified atom stereocenters. The number of hydrogen-bond donors (Lipinski definition) is 2. The van der Waals surface area contributed by atoms with Gasteiger partial charge in [0.15, 0.2) is 0 Å². The van der Waals surface area contributed by atoms with Crippen molar-refractivity contribution in [3.63, 3.8) is 0 Å². The predicted molar refractivity (Wildman–Crippen MR) is 81.9 cm³/mol. The molecule has 4 nitrogen and oxygen atoms in total. The quantitative estimate of drug-likeness (QED) is 0.887. The summed E-state index contributed by atoms with van der Waals surface area (Å²) in [5, 5.41) is 12.8. The molecule has 1 amide bonds.